The van der Waals surface area contributed by atoms with Crippen molar-refractivity contribution >= 4 is 35.7 Å². The smallest absolute Gasteiger partial charge is 0.311 e. The van der Waals surface area contributed by atoms with E-state index in [1.54, 1.807) is 48.6 Å². The molecule has 0 radical (unpaired) electrons. The number of carbonyl (C=O) groups is 4. The Morgan fingerprint density at radius 3 is 1.19 bits per heavy atom. The van der Waals surface area contributed by atoms with Crippen molar-refractivity contribution in [2.24, 2.45) is 0 Å². The zero-order valence-corrected chi connectivity index (χ0v) is 37.8. The predicted octanol–water partition coefficient (Wildman–Crippen LogP) is 11.7. The van der Waals surface area contributed by atoms with Crippen LogP contribution in [-0.2, 0) is 32.0 Å². The van der Waals surface area contributed by atoms with E-state index in [1.807, 2.05) is 121 Å². The molecule has 0 amide bonds. The summed E-state index contributed by atoms with van der Waals surface area (Å²) in [6.45, 7) is 0. The first kappa shape index (κ1) is 46.6. The molecule has 0 N–H and O–H groups in total. The molecule has 0 aliphatic carbocycles. The van der Waals surface area contributed by atoms with Crippen LogP contribution in [0.4, 0.5) is 0 Å². The summed E-state index contributed by atoms with van der Waals surface area (Å²) in [5, 5.41) is 0. The first-order valence-corrected chi connectivity index (χ1v) is 22.1. The lowest BCUT2D eigenvalue weighted by atomic mass is 10.1. The van der Waals surface area contributed by atoms with E-state index in [2.05, 4.69) is 0 Å². The number of methoxy groups -OCH3 is 2. The second-order valence-electron chi connectivity index (χ2n) is 15.6. The van der Waals surface area contributed by atoms with Crippen LogP contribution in [0.1, 0.15) is 42.2 Å². The minimum atomic E-state index is -0.511. The molecule has 0 aliphatic rings. The standard InChI is InChI=1S/C57H46N2O10/c1-64-48-35-38(25-29-46(48)66-52(62)33-31-50-58-54(40-15-7-3-8-16-40)56(68-50)42-19-11-5-12-20-42)23-27-44(60)37-45(61)28-24-39-26-30-47(49(36-39)65-2)67-53(63)34-32-51-59-55(41-17-9-4-10-18-41)57(69-51)43-21-13-6-14-22-43/h3-30,35-36H,31-34,37H2,1-2H3/b27-23+,28-24+. The Morgan fingerprint density at radius 2 is 0.826 bits per heavy atom. The number of nitrogens with zero attached hydrogens (tertiary/aromatic N) is 2. The molecule has 0 saturated heterocycles. The first-order valence-electron chi connectivity index (χ1n) is 22.1. The summed E-state index contributed by atoms with van der Waals surface area (Å²) in [5.74, 6) is 1.14. The van der Waals surface area contributed by atoms with Crippen molar-refractivity contribution in [3.63, 3.8) is 0 Å². The summed E-state index contributed by atoms with van der Waals surface area (Å²) in [6.07, 6.45) is 5.74. The zero-order valence-electron chi connectivity index (χ0n) is 37.8. The normalized spacial score (nSPS) is 11.2. The number of esters is 2. The molecule has 0 unspecified atom stereocenters. The SMILES string of the molecule is COc1cc(/C=C/C(=O)CC(=O)/C=C/c2ccc(OC(=O)CCc3nc(-c4ccccc4)c(-c4ccccc4)o3)c(OC)c2)ccc1OC(=O)CCc1nc(-c2ccccc2)c(-c2ccccc2)o1. The summed E-state index contributed by atoms with van der Waals surface area (Å²) in [5.41, 5.74) is 6.09. The molecule has 0 saturated carbocycles. The average Bonchev–Trinajstić information content (AvgIpc) is 4.03. The Bertz CT molecular complexity index is 2800. The number of benzene rings is 6. The fraction of sp³-hybridized carbons (Fsp3) is 0.123. The number of hydrogen-bond donors (Lipinski definition) is 0. The van der Waals surface area contributed by atoms with Gasteiger partial charge in [-0.3, -0.25) is 19.2 Å². The third kappa shape index (κ3) is 12.3. The van der Waals surface area contributed by atoms with Gasteiger partial charge in [0.05, 0.1) is 33.5 Å². The van der Waals surface area contributed by atoms with Crippen molar-refractivity contribution in [1.82, 2.24) is 9.97 Å². The van der Waals surface area contributed by atoms with Crippen molar-refractivity contribution in [3.05, 3.63) is 193 Å². The third-order valence-corrected chi connectivity index (χ3v) is 10.7. The Morgan fingerprint density at radius 1 is 0.464 bits per heavy atom. The van der Waals surface area contributed by atoms with E-state index in [4.69, 9.17) is 37.7 Å². The van der Waals surface area contributed by atoms with E-state index < -0.39 is 23.5 Å². The van der Waals surface area contributed by atoms with Crippen LogP contribution < -0.4 is 18.9 Å². The molecule has 0 atom stereocenters. The highest BCUT2D eigenvalue weighted by atomic mass is 16.6. The Labute approximate surface area is 398 Å². The number of allylic oxidation sites excluding steroid dienone is 2. The van der Waals surface area contributed by atoms with Crippen LogP contribution in [-0.4, -0.2) is 47.7 Å². The summed E-state index contributed by atoms with van der Waals surface area (Å²) < 4.78 is 34.6. The summed E-state index contributed by atoms with van der Waals surface area (Å²) in [4.78, 5) is 61.0. The fourth-order valence-electron chi connectivity index (χ4n) is 7.27. The van der Waals surface area contributed by atoms with Gasteiger partial charge in [-0.1, -0.05) is 146 Å². The molecular formula is C57H46N2O10. The Hall–Kier alpha value is -8.90. The summed E-state index contributed by atoms with van der Waals surface area (Å²) >= 11 is 0. The molecule has 2 heterocycles. The van der Waals surface area contributed by atoms with Crippen molar-refractivity contribution in [2.75, 3.05) is 14.2 Å². The van der Waals surface area contributed by atoms with Gasteiger partial charge in [0, 0.05) is 35.1 Å². The largest absolute Gasteiger partial charge is 0.493 e. The molecule has 0 aliphatic heterocycles. The van der Waals surface area contributed by atoms with E-state index in [1.165, 1.54) is 26.4 Å². The van der Waals surface area contributed by atoms with Crippen molar-refractivity contribution in [1.29, 1.82) is 0 Å². The molecule has 69 heavy (non-hydrogen) atoms. The molecule has 12 nitrogen and oxygen atoms in total. The van der Waals surface area contributed by atoms with Crippen LogP contribution in [0.3, 0.4) is 0 Å². The number of aryl methyl sites for hydroxylation is 2. The van der Waals surface area contributed by atoms with E-state index >= 15 is 0 Å². The highest BCUT2D eigenvalue weighted by Crippen LogP contribution is 2.35. The minimum absolute atomic E-state index is 0.000969. The van der Waals surface area contributed by atoms with Gasteiger partial charge in [0.15, 0.2) is 57.9 Å². The average molecular weight is 919 g/mol. The summed E-state index contributed by atoms with van der Waals surface area (Å²) in [6, 6.07) is 48.4. The van der Waals surface area contributed by atoms with Crippen molar-refractivity contribution in [2.45, 2.75) is 32.1 Å². The molecule has 0 bridgehead atoms. The third-order valence-electron chi connectivity index (χ3n) is 10.7. The molecule has 12 heteroatoms. The van der Waals surface area contributed by atoms with Crippen molar-refractivity contribution in [3.8, 4) is 68.2 Å². The van der Waals surface area contributed by atoms with Crippen molar-refractivity contribution < 1.29 is 47.0 Å². The monoisotopic (exact) mass is 918 g/mol. The van der Waals surface area contributed by atoms with E-state index in [9.17, 15) is 19.2 Å². The van der Waals surface area contributed by atoms with Gasteiger partial charge in [-0.05, 0) is 47.5 Å². The zero-order chi connectivity index (χ0) is 48.0. The first-order chi connectivity index (χ1) is 33.7. The van der Waals surface area contributed by atoms with Gasteiger partial charge in [0.1, 0.15) is 11.4 Å². The van der Waals surface area contributed by atoms with E-state index in [-0.39, 0.29) is 55.1 Å². The van der Waals surface area contributed by atoms with Gasteiger partial charge in [0.25, 0.3) is 0 Å². The molecule has 0 spiro atoms. The predicted molar refractivity (Wildman–Crippen MR) is 261 cm³/mol. The Balaban J connectivity index is 0.814. The lowest BCUT2D eigenvalue weighted by molar-refractivity contribution is -0.135. The van der Waals surface area contributed by atoms with Gasteiger partial charge < -0.3 is 27.8 Å². The lowest BCUT2D eigenvalue weighted by Gasteiger charge is -2.10. The van der Waals surface area contributed by atoms with Gasteiger partial charge in [-0.2, -0.15) is 0 Å². The number of aromatic nitrogens is 2. The van der Waals surface area contributed by atoms with Gasteiger partial charge in [-0.25, -0.2) is 9.97 Å². The number of carbonyl (C=O) groups excluding carboxylic acids is 4. The molecule has 2 aromatic heterocycles. The highest BCUT2D eigenvalue weighted by Gasteiger charge is 2.21. The van der Waals surface area contributed by atoms with Crippen LogP contribution in [0.5, 0.6) is 23.0 Å². The van der Waals surface area contributed by atoms with Gasteiger partial charge >= 0.3 is 11.9 Å². The minimum Gasteiger partial charge on any atom is -0.493 e. The van der Waals surface area contributed by atoms with Crippen LogP contribution in [0, 0.1) is 0 Å². The van der Waals surface area contributed by atoms with Crippen LogP contribution in [0.2, 0.25) is 0 Å². The van der Waals surface area contributed by atoms with Crippen LogP contribution >= 0.6 is 0 Å². The lowest BCUT2D eigenvalue weighted by Crippen LogP contribution is -2.10. The molecular weight excluding hydrogens is 873 g/mol. The van der Waals surface area contributed by atoms with Gasteiger partial charge in [-0.15, -0.1) is 0 Å². The molecule has 8 rings (SSSR count). The molecule has 6 aromatic carbocycles. The maximum absolute atomic E-state index is 13.0. The Kier molecular flexibility index (Phi) is 15.2. The maximum atomic E-state index is 13.0. The number of ketones is 2. The molecule has 8 aromatic rings. The quantitative estimate of drug-likeness (QED) is 0.0309. The topological polar surface area (TPSA) is 157 Å². The van der Waals surface area contributed by atoms with Crippen LogP contribution in [0.15, 0.2) is 179 Å². The number of hydrogen-bond acceptors (Lipinski definition) is 12. The van der Waals surface area contributed by atoms with E-state index in [0.29, 0.717) is 45.8 Å². The summed E-state index contributed by atoms with van der Waals surface area (Å²) in [7, 11) is 2.89. The number of ether oxygens (including phenoxy) is 4. The maximum Gasteiger partial charge on any atom is 0.311 e. The van der Waals surface area contributed by atoms with Gasteiger partial charge in [0.2, 0.25) is 0 Å². The second-order valence-corrected chi connectivity index (χ2v) is 15.6. The molecule has 0 fully saturated rings. The van der Waals surface area contributed by atoms with Crippen LogP contribution in [0.25, 0.3) is 57.3 Å². The number of rotatable bonds is 20. The molecule has 344 valence electrons. The highest BCUT2D eigenvalue weighted by molar-refractivity contribution is 6.11. The van der Waals surface area contributed by atoms with E-state index in [0.717, 1.165) is 22.3 Å². The second kappa shape index (κ2) is 22.5. The number of oxazole rings is 2. The fourth-order valence-corrected chi connectivity index (χ4v) is 7.27.